The topological polar surface area (TPSA) is 17.1 Å². The van der Waals surface area contributed by atoms with Crippen LogP contribution < -0.4 is 0 Å². The zero-order valence-electron chi connectivity index (χ0n) is 10.9. The van der Waals surface area contributed by atoms with E-state index < -0.39 is 5.82 Å². The summed E-state index contributed by atoms with van der Waals surface area (Å²) in [6.45, 7) is 0. The lowest BCUT2D eigenvalue weighted by Gasteiger charge is -2.25. The van der Waals surface area contributed by atoms with Gasteiger partial charge in [0.25, 0.3) is 0 Å². The number of benzene rings is 2. The van der Waals surface area contributed by atoms with Crippen molar-refractivity contribution in [1.82, 2.24) is 0 Å². The van der Waals surface area contributed by atoms with Crippen molar-refractivity contribution in [2.24, 2.45) is 0 Å². The molecule has 0 aliphatic heterocycles. The Morgan fingerprint density at radius 1 is 1.10 bits per heavy atom. The quantitative estimate of drug-likeness (QED) is 0.716. The van der Waals surface area contributed by atoms with Gasteiger partial charge in [-0.3, -0.25) is 4.79 Å². The first kappa shape index (κ1) is 13.5. The Labute approximate surface area is 126 Å². The summed E-state index contributed by atoms with van der Waals surface area (Å²) in [5.41, 5.74) is 1.92. The molecule has 0 radical (unpaired) electrons. The van der Waals surface area contributed by atoms with Crippen LogP contribution in [0.3, 0.4) is 0 Å². The van der Waals surface area contributed by atoms with Crippen molar-refractivity contribution in [2.45, 2.75) is 25.2 Å². The van der Waals surface area contributed by atoms with Crippen LogP contribution in [-0.2, 0) is 0 Å². The molecule has 2 aromatic rings. The number of hydrogen-bond donors (Lipinski definition) is 0. The molecule has 0 saturated heterocycles. The molecule has 0 aromatic heterocycles. The van der Waals surface area contributed by atoms with Crippen molar-refractivity contribution in [1.29, 1.82) is 0 Å². The first-order valence-electron chi connectivity index (χ1n) is 6.75. The Morgan fingerprint density at radius 3 is 2.40 bits per heavy atom. The average Bonchev–Trinajstić information content (AvgIpc) is 2.40. The van der Waals surface area contributed by atoms with Gasteiger partial charge in [0.15, 0.2) is 5.78 Å². The van der Waals surface area contributed by atoms with E-state index in [0.717, 1.165) is 0 Å². The highest BCUT2D eigenvalue weighted by Crippen LogP contribution is 2.36. The first-order valence-corrected chi connectivity index (χ1v) is 7.55. The third-order valence-corrected chi connectivity index (χ3v) is 4.56. The van der Waals surface area contributed by atoms with E-state index in [1.54, 1.807) is 24.3 Å². The zero-order chi connectivity index (χ0) is 14.1. The third kappa shape index (κ3) is 2.42. The summed E-state index contributed by atoms with van der Waals surface area (Å²) in [5, 5.41) is 0. The highest BCUT2D eigenvalue weighted by atomic mass is 79.9. The second-order valence-corrected chi connectivity index (χ2v) is 6.03. The molecule has 1 aliphatic carbocycles. The average molecular weight is 333 g/mol. The van der Waals surface area contributed by atoms with Crippen molar-refractivity contribution in [3.63, 3.8) is 0 Å². The smallest absolute Gasteiger partial charge is 0.196 e. The van der Waals surface area contributed by atoms with Gasteiger partial charge >= 0.3 is 0 Å². The highest BCUT2D eigenvalue weighted by molar-refractivity contribution is 9.10. The van der Waals surface area contributed by atoms with Gasteiger partial charge in [-0.1, -0.05) is 36.8 Å². The van der Waals surface area contributed by atoms with Crippen LogP contribution in [0, 0.1) is 5.82 Å². The van der Waals surface area contributed by atoms with Gasteiger partial charge in [-0.2, -0.15) is 0 Å². The largest absolute Gasteiger partial charge is 0.288 e. The van der Waals surface area contributed by atoms with E-state index in [9.17, 15) is 9.18 Å². The molecular formula is C17H14BrFO. The first-order chi connectivity index (χ1) is 9.66. The predicted molar refractivity (Wildman–Crippen MR) is 80.6 cm³/mol. The van der Waals surface area contributed by atoms with Gasteiger partial charge in [0, 0.05) is 5.56 Å². The van der Waals surface area contributed by atoms with Crippen LogP contribution in [0.2, 0.25) is 0 Å². The summed E-state index contributed by atoms with van der Waals surface area (Å²) < 4.78 is 14.3. The van der Waals surface area contributed by atoms with E-state index in [-0.39, 0.29) is 11.3 Å². The molecule has 1 saturated carbocycles. The molecule has 0 heterocycles. The van der Waals surface area contributed by atoms with Gasteiger partial charge in [-0.05, 0) is 52.4 Å². The van der Waals surface area contributed by atoms with Crippen molar-refractivity contribution in [3.05, 3.63) is 69.4 Å². The van der Waals surface area contributed by atoms with Crippen LogP contribution in [-0.4, -0.2) is 5.78 Å². The van der Waals surface area contributed by atoms with Gasteiger partial charge in [-0.15, -0.1) is 0 Å². The van der Waals surface area contributed by atoms with E-state index in [4.69, 9.17) is 0 Å². The normalized spacial score (nSPS) is 14.9. The Bertz CT molecular complexity index is 645. The molecule has 0 atom stereocenters. The Balaban J connectivity index is 1.88. The van der Waals surface area contributed by atoms with Crippen LogP contribution in [0.5, 0.6) is 0 Å². The Morgan fingerprint density at radius 2 is 1.80 bits per heavy atom. The van der Waals surface area contributed by atoms with Crippen LogP contribution in [0.1, 0.15) is 46.7 Å². The molecule has 102 valence electrons. The number of carbonyl (C=O) groups excluding carboxylic acids is 1. The lowest BCUT2D eigenvalue weighted by atomic mass is 9.80. The molecular weight excluding hydrogens is 319 g/mol. The predicted octanol–water partition coefficient (Wildman–Crippen LogP) is 5.09. The lowest BCUT2D eigenvalue weighted by Crippen LogP contribution is -2.09. The molecule has 0 N–H and O–H groups in total. The maximum absolute atomic E-state index is 13.9. The van der Waals surface area contributed by atoms with E-state index >= 15 is 0 Å². The second-order valence-electron chi connectivity index (χ2n) is 5.18. The van der Waals surface area contributed by atoms with Crippen LogP contribution in [0.25, 0.3) is 0 Å². The molecule has 0 amide bonds. The second kappa shape index (κ2) is 5.49. The number of rotatable bonds is 3. The lowest BCUT2D eigenvalue weighted by molar-refractivity contribution is 0.103. The molecule has 0 bridgehead atoms. The van der Waals surface area contributed by atoms with E-state index in [1.165, 1.54) is 30.9 Å². The standard InChI is InChI=1S/C17H14BrFO/c18-15-6-2-5-14(16(15)19)17(20)13-9-7-12(8-10-13)11-3-1-4-11/h2,5-11H,1,3-4H2. The third-order valence-electron chi connectivity index (χ3n) is 3.95. The van der Waals surface area contributed by atoms with Gasteiger partial charge in [-0.25, -0.2) is 4.39 Å². The number of carbonyl (C=O) groups is 1. The van der Waals surface area contributed by atoms with Crippen molar-refractivity contribution < 1.29 is 9.18 Å². The monoisotopic (exact) mass is 332 g/mol. The van der Waals surface area contributed by atoms with E-state index in [0.29, 0.717) is 16.0 Å². The molecule has 1 aliphatic rings. The molecule has 1 fully saturated rings. The van der Waals surface area contributed by atoms with E-state index in [1.807, 2.05) is 12.1 Å². The van der Waals surface area contributed by atoms with Gasteiger partial charge < -0.3 is 0 Å². The molecule has 20 heavy (non-hydrogen) atoms. The summed E-state index contributed by atoms with van der Waals surface area (Å²) in [5.74, 6) is -0.133. The SMILES string of the molecule is O=C(c1ccc(C2CCC2)cc1)c1cccc(Br)c1F. The summed E-state index contributed by atoms with van der Waals surface area (Å²) in [4.78, 5) is 12.3. The molecule has 0 spiro atoms. The molecule has 2 aromatic carbocycles. The summed E-state index contributed by atoms with van der Waals surface area (Å²) in [6.07, 6.45) is 3.75. The van der Waals surface area contributed by atoms with Crippen LogP contribution in [0.4, 0.5) is 4.39 Å². The van der Waals surface area contributed by atoms with Crippen molar-refractivity contribution >= 4 is 21.7 Å². The minimum Gasteiger partial charge on any atom is -0.288 e. The number of ketones is 1. The fourth-order valence-electron chi connectivity index (χ4n) is 2.48. The maximum atomic E-state index is 13.9. The highest BCUT2D eigenvalue weighted by Gasteiger charge is 2.20. The Hall–Kier alpha value is -1.48. The minimum atomic E-state index is -0.499. The zero-order valence-corrected chi connectivity index (χ0v) is 12.5. The molecule has 1 nitrogen and oxygen atoms in total. The maximum Gasteiger partial charge on any atom is 0.196 e. The fraction of sp³-hybridized carbons (Fsp3) is 0.235. The van der Waals surface area contributed by atoms with Crippen molar-refractivity contribution in [3.8, 4) is 0 Å². The van der Waals surface area contributed by atoms with Crippen LogP contribution in [0.15, 0.2) is 46.9 Å². The summed E-state index contributed by atoms with van der Waals surface area (Å²) in [7, 11) is 0. The number of hydrogen-bond acceptors (Lipinski definition) is 1. The molecule has 0 unspecified atom stereocenters. The summed E-state index contributed by atoms with van der Waals surface area (Å²) >= 11 is 3.11. The summed E-state index contributed by atoms with van der Waals surface area (Å²) in [6, 6.07) is 12.4. The minimum absolute atomic E-state index is 0.107. The van der Waals surface area contributed by atoms with Gasteiger partial charge in [0.1, 0.15) is 5.82 Å². The Kier molecular flexibility index (Phi) is 3.70. The van der Waals surface area contributed by atoms with Crippen LogP contribution >= 0.6 is 15.9 Å². The van der Waals surface area contributed by atoms with E-state index in [2.05, 4.69) is 15.9 Å². The number of halogens is 2. The fourth-order valence-corrected chi connectivity index (χ4v) is 2.85. The van der Waals surface area contributed by atoms with Crippen molar-refractivity contribution in [2.75, 3.05) is 0 Å². The van der Waals surface area contributed by atoms with Gasteiger partial charge in [0.2, 0.25) is 0 Å². The molecule has 3 heteroatoms. The van der Waals surface area contributed by atoms with Gasteiger partial charge in [0.05, 0.1) is 10.0 Å². The molecule has 3 rings (SSSR count).